The van der Waals surface area contributed by atoms with Crippen LogP contribution in [0.4, 0.5) is 10.1 Å². The predicted molar refractivity (Wildman–Crippen MR) is 104 cm³/mol. The van der Waals surface area contributed by atoms with Crippen molar-refractivity contribution in [2.75, 3.05) is 4.72 Å². The van der Waals surface area contributed by atoms with E-state index in [1.54, 1.807) is 41.8 Å². The van der Waals surface area contributed by atoms with Crippen molar-refractivity contribution in [3.05, 3.63) is 70.0 Å². The van der Waals surface area contributed by atoms with Crippen molar-refractivity contribution >= 4 is 26.6 Å². The van der Waals surface area contributed by atoms with Gasteiger partial charge in [-0.05, 0) is 48.7 Å². The first-order valence-corrected chi connectivity index (χ1v) is 10.2. The zero-order valence-corrected chi connectivity index (χ0v) is 15.9. The quantitative estimate of drug-likeness (QED) is 0.702. The van der Waals surface area contributed by atoms with E-state index in [-0.39, 0.29) is 11.4 Å². The van der Waals surface area contributed by atoms with Crippen molar-refractivity contribution < 1.29 is 12.8 Å². The second-order valence-electron chi connectivity index (χ2n) is 6.41. The van der Waals surface area contributed by atoms with Gasteiger partial charge in [0, 0.05) is 23.8 Å². The van der Waals surface area contributed by atoms with E-state index in [1.807, 2.05) is 6.92 Å². The maximum absolute atomic E-state index is 13.6. The van der Waals surface area contributed by atoms with Crippen LogP contribution in [-0.2, 0) is 22.3 Å². The van der Waals surface area contributed by atoms with E-state index in [0.29, 0.717) is 34.3 Å². The Morgan fingerprint density at radius 1 is 1.19 bits per heavy atom. The van der Waals surface area contributed by atoms with E-state index in [2.05, 4.69) is 9.71 Å². The Bertz CT molecular complexity index is 1160. The Kier molecular flexibility index (Phi) is 5.27. The smallest absolute Gasteiger partial charge is 0.292 e. The molecular weight excluding hydrogens is 369 g/mol. The molecule has 1 heterocycles. The van der Waals surface area contributed by atoms with Gasteiger partial charge in [-0.1, -0.05) is 19.1 Å². The lowest BCUT2D eigenvalue weighted by molar-refractivity contribution is 0.599. The van der Waals surface area contributed by atoms with E-state index in [9.17, 15) is 17.6 Å². The van der Waals surface area contributed by atoms with E-state index in [0.717, 1.165) is 6.42 Å². The summed E-state index contributed by atoms with van der Waals surface area (Å²) in [5, 5.41) is 0.657. The van der Waals surface area contributed by atoms with Crippen LogP contribution in [0.3, 0.4) is 0 Å². The third-order valence-corrected chi connectivity index (χ3v) is 5.44. The first-order chi connectivity index (χ1) is 12.8. The molecule has 0 fully saturated rings. The van der Waals surface area contributed by atoms with Gasteiger partial charge in [0.2, 0.25) is 10.0 Å². The second kappa shape index (κ2) is 7.48. The number of nitrogens with zero attached hydrogens (tertiary/aromatic N) is 2. The van der Waals surface area contributed by atoms with Gasteiger partial charge in [-0.2, -0.15) is 0 Å². The Hall–Kier alpha value is -2.74. The number of aromatic nitrogens is 2. The van der Waals surface area contributed by atoms with Gasteiger partial charge in [-0.25, -0.2) is 22.6 Å². The topological polar surface area (TPSA) is 81.1 Å². The molecule has 142 valence electrons. The fourth-order valence-electron chi connectivity index (χ4n) is 2.87. The van der Waals surface area contributed by atoms with Crippen LogP contribution in [0.25, 0.3) is 10.9 Å². The lowest BCUT2D eigenvalue weighted by atomic mass is 10.2. The Morgan fingerprint density at radius 2 is 1.96 bits per heavy atom. The van der Waals surface area contributed by atoms with Gasteiger partial charge in [-0.3, -0.25) is 9.29 Å². The molecule has 2 aromatic carbocycles. The molecule has 0 atom stereocenters. The van der Waals surface area contributed by atoms with Crippen molar-refractivity contribution in [3.8, 4) is 0 Å². The average Bonchev–Trinajstić information content (AvgIpc) is 2.60. The average molecular weight is 389 g/mol. The molecule has 0 saturated carbocycles. The third kappa shape index (κ3) is 4.33. The van der Waals surface area contributed by atoms with Crippen LogP contribution >= 0.6 is 0 Å². The molecule has 0 saturated heterocycles. The van der Waals surface area contributed by atoms with Crippen LogP contribution in [0.5, 0.6) is 0 Å². The molecule has 8 heteroatoms. The summed E-state index contributed by atoms with van der Waals surface area (Å²) in [6.07, 6.45) is 2.21. The molecule has 3 rings (SSSR count). The number of anilines is 1. The summed E-state index contributed by atoms with van der Waals surface area (Å²) in [4.78, 5) is 15.7. The summed E-state index contributed by atoms with van der Waals surface area (Å²) in [6.45, 7) is 4.11. The number of halogens is 1. The van der Waals surface area contributed by atoms with Gasteiger partial charge in [0.15, 0.2) is 0 Å². The number of fused-ring (bicyclic) bond motifs is 1. The van der Waals surface area contributed by atoms with Crippen LogP contribution in [0, 0.1) is 12.7 Å². The molecule has 0 radical (unpaired) electrons. The zero-order chi connectivity index (χ0) is 19.6. The molecule has 3 aromatic rings. The van der Waals surface area contributed by atoms with E-state index in [1.165, 1.54) is 12.3 Å². The number of nitrogens with one attached hydrogen (secondary N) is 1. The highest BCUT2D eigenvalue weighted by atomic mass is 32.2. The third-order valence-electron chi connectivity index (χ3n) is 4.18. The molecule has 27 heavy (non-hydrogen) atoms. The predicted octanol–water partition coefficient (Wildman–Crippen LogP) is 3.20. The maximum Gasteiger partial charge on any atom is 0.348 e. The minimum atomic E-state index is -3.72. The molecule has 0 aliphatic carbocycles. The van der Waals surface area contributed by atoms with Crippen LogP contribution in [0.2, 0.25) is 0 Å². The van der Waals surface area contributed by atoms with E-state index >= 15 is 0 Å². The number of sulfonamides is 1. The van der Waals surface area contributed by atoms with Gasteiger partial charge in [-0.15, -0.1) is 0 Å². The van der Waals surface area contributed by atoms with Crippen molar-refractivity contribution in [1.29, 1.82) is 0 Å². The van der Waals surface area contributed by atoms with Crippen LogP contribution < -0.4 is 10.4 Å². The number of hydrogen-bond acceptors (Lipinski definition) is 4. The minimum absolute atomic E-state index is 0.334. The van der Waals surface area contributed by atoms with Crippen LogP contribution in [-0.4, -0.2) is 18.0 Å². The fourth-order valence-corrected chi connectivity index (χ4v) is 4.04. The van der Waals surface area contributed by atoms with Crippen molar-refractivity contribution in [2.24, 2.45) is 0 Å². The van der Waals surface area contributed by atoms with Crippen LogP contribution in [0.15, 0.2) is 47.4 Å². The molecule has 0 aliphatic heterocycles. The first-order valence-electron chi connectivity index (χ1n) is 8.54. The number of rotatable bonds is 6. The van der Waals surface area contributed by atoms with Gasteiger partial charge in [0.05, 0.1) is 11.3 Å². The van der Waals surface area contributed by atoms with Crippen LogP contribution in [0.1, 0.15) is 24.5 Å². The minimum Gasteiger partial charge on any atom is -0.292 e. The summed E-state index contributed by atoms with van der Waals surface area (Å²) in [5.41, 5.74) is 1.55. The lowest BCUT2D eigenvalue weighted by Crippen LogP contribution is -2.22. The molecular formula is C19H20FN3O3S. The van der Waals surface area contributed by atoms with E-state index in [4.69, 9.17) is 0 Å². The molecule has 6 nitrogen and oxygen atoms in total. The Balaban J connectivity index is 1.88. The first kappa shape index (κ1) is 19.0. The maximum atomic E-state index is 13.6. The highest BCUT2D eigenvalue weighted by Gasteiger charge is 2.14. The van der Waals surface area contributed by atoms with Gasteiger partial charge in [0.25, 0.3) is 0 Å². The highest BCUT2D eigenvalue weighted by Crippen LogP contribution is 2.20. The molecule has 0 amide bonds. The number of hydrogen-bond donors (Lipinski definition) is 1. The van der Waals surface area contributed by atoms with Gasteiger partial charge < -0.3 is 0 Å². The molecule has 1 N–H and O–H groups in total. The summed E-state index contributed by atoms with van der Waals surface area (Å²) >= 11 is 0. The molecule has 0 bridgehead atoms. The molecule has 0 unspecified atom stereocenters. The number of aryl methyl sites for hydroxylation is 2. The normalized spacial score (nSPS) is 11.7. The number of benzene rings is 2. The van der Waals surface area contributed by atoms with Crippen molar-refractivity contribution in [1.82, 2.24) is 9.55 Å². The van der Waals surface area contributed by atoms with E-state index < -0.39 is 15.8 Å². The fraction of sp³-hybridized carbons (Fsp3) is 0.263. The SMILES string of the molecule is CCCn1c(=O)ncc2cc(NS(=O)(=O)Cc3ccc(C)c(F)c3)ccc21. The Morgan fingerprint density at radius 3 is 2.67 bits per heavy atom. The standard InChI is InChI=1S/C19H20FN3O3S/c1-3-8-23-18-7-6-16(10-15(18)11-21-19(23)24)22-27(25,26)12-14-5-4-13(2)17(20)9-14/h4-7,9-11,22H,3,8,12H2,1-2H3. The van der Waals surface area contributed by atoms with Crippen molar-refractivity contribution in [3.63, 3.8) is 0 Å². The zero-order valence-electron chi connectivity index (χ0n) is 15.1. The largest absolute Gasteiger partial charge is 0.348 e. The highest BCUT2D eigenvalue weighted by molar-refractivity contribution is 7.91. The summed E-state index contributed by atoms with van der Waals surface area (Å²) in [5.74, 6) is -0.774. The monoisotopic (exact) mass is 389 g/mol. The lowest BCUT2D eigenvalue weighted by Gasteiger charge is -2.12. The van der Waals surface area contributed by atoms with Gasteiger partial charge >= 0.3 is 5.69 Å². The molecule has 0 spiro atoms. The second-order valence-corrected chi connectivity index (χ2v) is 8.13. The summed E-state index contributed by atoms with van der Waals surface area (Å²) in [7, 11) is -3.72. The Labute approximate surface area is 156 Å². The molecule has 1 aromatic heterocycles. The van der Waals surface area contributed by atoms with Gasteiger partial charge in [0.1, 0.15) is 5.82 Å². The molecule has 0 aliphatic rings. The van der Waals surface area contributed by atoms with Crippen molar-refractivity contribution in [2.45, 2.75) is 32.6 Å². The summed E-state index contributed by atoms with van der Waals surface area (Å²) < 4.78 is 42.5. The summed E-state index contributed by atoms with van der Waals surface area (Å²) in [6, 6.07) is 9.28.